The van der Waals surface area contributed by atoms with Gasteiger partial charge in [-0.3, -0.25) is 0 Å². The predicted octanol–water partition coefficient (Wildman–Crippen LogP) is 1.48. The maximum atomic E-state index is 9.52. The summed E-state index contributed by atoms with van der Waals surface area (Å²) < 4.78 is 0.876. The van der Waals surface area contributed by atoms with Crippen molar-refractivity contribution in [2.75, 3.05) is 14.1 Å². The molecule has 4 heteroatoms. The molecule has 0 aromatic carbocycles. The van der Waals surface area contributed by atoms with Gasteiger partial charge >= 0.3 is 0 Å². The van der Waals surface area contributed by atoms with E-state index < -0.39 is 0 Å². The Hall–Kier alpha value is 0.200. The molecular weight excluding hydrogens is 190 g/mol. The van der Waals surface area contributed by atoms with E-state index in [0.717, 1.165) is 23.6 Å². The highest BCUT2D eigenvalue weighted by Gasteiger charge is 2.27. The van der Waals surface area contributed by atoms with Gasteiger partial charge in [-0.25, -0.2) is 0 Å². The summed E-state index contributed by atoms with van der Waals surface area (Å²) in [6, 6.07) is 0. The molecule has 12 heavy (non-hydrogen) atoms. The van der Waals surface area contributed by atoms with Crippen LogP contribution in [0.25, 0.3) is 0 Å². The molecule has 0 heterocycles. The second kappa shape index (κ2) is 4.44. The van der Waals surface area contributed by atoms with Gasteiger partial charge in [0.15, 0.2) is 0 Å². The predicted molar refractivity (Wildman–Crippen MR) is 57.5 cm³/mol. The van der Waals surface area contributed by atoms with E-state index in [1.165, 1.54) is 0 Å². The first-order chi connectivity index (χ1) is 5.61. The first kappa shape index (κ1) is 10.3. The summed E-state index contributed by atoms with van der Waals surface area (Å²) in [5.74, 6) is 0. The molecule has 0 unspecified atom stereocenters. The van der Waals surface area contributed by atoms with E-state index in [4.69, 9.17) is 12.2 Å². The normalized spacial score (nSPS) is 28.9. The first-order valence-corrected chi connectivity index (χ1v) is 5.46. The molecule has 2 atom stereocenters. The number of hydrogen-bond acceptors (Lipinski definition) is 3. The van der Waals surface area contributed by atoms with Crippen LogP contribution in [0, 0.1) is 0 Å². The van der Waals surface area contributed by atoms with Gasteiger partial charge in [0.2, 0.25) is 0 Å². The van der Waals surface area contributed by atoms with Gasteiger partial charge in [-0.1, -0.05) is 24.0 Å². The van der Waals surface area contributed by atoms with Crippen LogP contribution >= 0.6 is 24.0 Å². The minimum atomic E-state index is -0.145. The zero-order chi connectivity index (χ0) is 9.14. The van der Waals surface area contributed by atoms with Gasteiger partial charge < -0.3 is 10.0 Å². The van der Waals surface area contributed by atoms with Crippen LogP contribution in [0.15, 0.2) is 0 Å². The lowest BCUT2D eigenvalue weighted by atomic mass is 10.3. The van der Waals surface area contributed by atoms with Gasteiger partial charge in [0, 0.05) is 19.3 Å². The van der Waals surface area contributed by atoms with Gasteiger partial charge in [-0.2, -0.15) is 0 Å². The Balaban J connectivity index is 2.35. The lowest BCUT2D eigenvalue weighted by molar-refractivity contribution is 0.188. The molecule has 1 N–H and O–H groups in total. The molecule has 1 saturated carbocycles. The molecule has 0 aromatic rings. The summed E-state index contributed by atoms with van der Waals surface area (Å²) in [5, 5.41) is 9.85. The van der Waals surface area contributed by atoms with Gasteiger partial charge in [0.1, 0.15) is 4.32 Å². The Morgan fingerprint density at radius 2 is 2.17 bits per heavy atom. The molecule has 0 spiro atoms. The van der Waals surface area contributed by atoms with Crippen LogP contribution in [0.3, 0.4) is 0 Å². The number of thioether (sulfide) groups is 1. The summed E-state index contributed by atoms with van der Waals surface area (Å²) in [4.78, 5) is 1.92. The molecule has 0 aromatic heterocycles. The zero-order valence-corrected chi connectivity index (χ0v) is 9.12. The van der Waals surface area contributed by atoms with Gasteiger partial charge in [-0.15, -0.1) is 0 Å². The van der Waals surface area contributed by atoms with Gasteiger partial charge in [0.25, 0.3) is 0 Å². The van der Waals surface area contributed by atoms with Crippen LogP contribution in [0.1, 0.15) is 19.3 Å². The van der Waals surface area contributed by atoms with Gasteiger partial charge in [0.05, 0.1) is 6.10 Å². The first-order valence-electron chi connectivity index (χ1n) is 4.17. The standard InChI is InChI=1S/C8H15NOS2/c1-9(2)8(11)12-7-5-3-4-6(7)10/h6-7,10H,3-5H2,1-2H3/t6-,7-/m0/s1. The van der Waals surface area contributed by atoms with Crippen molar-refractivity contribution in [1.82, 2.24) is 4.90 Å². The monoisotopic (exact) mass is 205 g/mol. The molecule has 0 radical (unpaired) electrons. The topological polar surface area (TPSA) is 23.5 Å². The summed E-state index contributed by atoms with van der Waals surface area (Å²) in [5.41, 5.74) is 0. The van der Waals surface area contributed by atoms with E-state index in [1.807, 2.05) is 19.0 Å². The minimum Gasteiger partial charge on any atom is -0.392 e. The third kappa shape index (κ3) is 2.61. The average molecular weight is 205 g/mol. The van der Waals surface area contributed by atoms with E-state index in [-0.39, 0.29) is 6.10 Å². The number of aliphatic hydroxyl groups excluding tert-OH is 1. The molecule has 0 saturated heterocycles. The van der Waals surface area contributed by atoms with Gasteiger partial charge in [-0.05, 0) is 19.3 Å². The molecule has 0 bridgehead atoms. The Kier molecular flexibility index (Phi) is 3.80. The van der Waals surface area contributed by atoms with E-state index >= 15 is 0 Å². The third-order valence-corrected chi connectivity index (χ3v) is 4.11. The highest BCUT2D eigenvalue weighted by atomic mass is 32.2. The maximum absolute atomic E-state index is 9.52. The highest BCUT2D eigenvalue weighted by molar-refractivity contribution is 8.23. The van der Waals surface area contributed by atoms with E-state index in [9.17, 15) is 5.11 Å². The SMILES string of the molecule is CN(C)C(=S)S[C@H]1CCC[C@@H]1O. The van der Waals surface area contributed by atoms with Crippen LogP contribution < -0.4 is 0 Å². The van der Waals surface area contributed by atoms with Crippen molar-refractivity contribution in [1.29, 1.82) is 0 Å². The van der Waals surface area contributed by atoms with Crippen LogP contribution in [0.5, 0.6) is 0 Å². The molecule has 2 nitrogen and oxygen atoms in total. The lowest BCUT2D eigenvalue weighted by Crippen LogP contribution is -2.23. The highest BCUT2D eigenvalue weighted by Crippen LogP contribution is 2.31. The van der Waals surface area contributed by atoms with Crippen molar-refractivity contribution < 1.29 is 5.11 Å². The Morgan fingerprint density at radius 1 is 1.50 bits per heavy atom. The number of thiocarbonyl (C=S) groups is 1. The number of nitrogens with zero attached hydrogens (tertiary/aromatic N) is 1. The number of aliphatic hydroxyl groups is 1. The number of hydrogen-bond donors (Lipinski definition) is 1. The summed E-state index contributed by atoms with van der Waals surface area (Å²) in [6.45, 7) is 0. The van der Waals surface area contributed by atoms with E-state index in [1.54, 1.807) is 11.8 Å². The Bertz CT molecular complexity index is 172. The van der Waals surface area contributed by atoms with Crippen LogP contribution in [0.4, 0.5) is 0 Å². The van der Waals surface area contributed by atoms with E-state index in [0.29, 0.717) is 5.25 Å². The van der Waals surface area contributed by atoms with Crippen molar-refractivity contribution in [2.45, 2.75) is 30.6 Å². The summed E-state index contributed by atoms with van der Waals surface area (Å²) in [7, 11) is 3.88. The minimum absolute atomic E-state index is 0.145. The van der Waals surface area contributed by atoms with Crippen molar-refractivity contribution in [3.63, 3.8) is 0 Å². The van der Waals surface area contributed by atoms with Crippen LogP contribution in [0.2, 0.25) is 0 Å². The van der Waals surface area contributed by atoms with E-state index in [2.05, 4.69) is 0 Å². The lowest BCUT2D eigenvalue weighted by Gasteiger charge is -2.18. The maximum Gasteiger partial charge on any atom is 0.136 e. The van der Waals surface area contributed by atoms with Crippen LogP contribution in [-0.2, 0) is 0 Å². The second-order valence-corrected chi connectivity index (χ2v) is 5.19. The molecule has 1 aliphatic rings. The Labute approximate surface area is 83.3 Å². The van der Waals surface area contributed by atoms with Crippen LogP contribution in [-0.4, -0.2) is 39.8 Å². The van der Waals surface area contributed by atoms with Crippen molar-refractivity contribution in [2.24, 2.45) is 0 Å². The summed E-state index contributed by atoms with van der Waals surface area (Å²) >= 11 is 6.78. The Morgan fingerprint density at radius 3 is 2.58 bits per heavy atom. The molecule has 1 aliphatic carbocycles. The molecule has 1 rings (SSSR count). The molecular formula is C8H15NOS2. The average Bonchev–Trinajstić information content (AvgIpc) is 2.36. The quantitative estimate of drug-likeness (QED) is 0.655. The second-order valence-electron chi connectivity index (χ2n) is 3.31. The largest absolute Gasteiger partial charge is 0.392 e. The van der Waals surface area contributed by atoms with Crippen molar-refractivity contribution >= 4 is 28.3 Å². The zero-order valence-electron chi connectivity index (χ0n) is 7.49. The summed E-state index contributed by atoms with van der Waals surface area (Å²) in [6.07, 6.45) is 3.02. The molecule has 0 amide bonds. The fourth-order valence-electron chi connectivity index (χ4n) is 1.28. The molecule has 1 fully saturated rings. The van der Waals surface area contributed by atoms with Crippen molar-refractivity contribution in [3.05, 3.63) is 0 Å². The number of rotatable bonds is 1. The fraction of sp³-hybridized carbons (Fsp3) is 0.875. The fourth-order valence-corrected chi connectivity index (χ4v) is 2.70. The molecule has 0 aliphatic heterocycles. The van der Waals surface area contributed by atoms with Crippen molar-refractivity contribution in [3.8, 4) is 0 Å². The third-order valence-electron chi connectivity index (χ3n) is 2.04. The smallest absolute Gasteiger partial charge is 0.136 e. The molecule has 70 valence electrons.